The Morgan fingerprint density at radius 1 is 1.26 bits per heavy atom. The first-order valence-corrected chi connectivity index (χ1v) is 10.6. The van der Waals surface area contributed by atoms with Crippen LogP contribution >= 0.6 is 11.3 Å². The molecule has 7 heteroatoms. The zero-order valence-corrected chi connectivity index (χ0v) is 17.0. The average Bonchev–Trinajstić information content (AvgIpc) is 3.19. The van der Waals surface area contributed by atoms with Crippen LogP contribution in [0.1, 0.15) is 38.9 Å². The molecule has 2 atom stereocenters. The van der Waals surface area contributed by atoms with E-state index in [4.69, 9.17) is 0 Å². The minimum Gasteiger partial charge on any atom is -0.342 e. The maximum absolute atomic E-state index is 12.8. The number of likely N-dealkylation sites (tertiary alicyclic amines) is 1. The van der Waals surface area contributed by atoms with Gasteiger partial charge in [0.05, 0.1) is 10.2 Å². The van der Waals surface area contributed by atoms with Gasteiger partial charge in [-0.3, -0.25) is 14.0 Å². The first kappa shape index (κ1) is 18.2. The SMILES string of the molecule is Cc1nn(CCCC(=O)N2C[C@H](C)C[C@@H](C)C2)c(=O)c2cc3sccc3n12. The van der Waals surface area contributed by atoms with Crippen LogP contribution in [0.5, 0.6) is 0 Å². The summed E-state index contributed by atoms with van der Waals surface area (Å²) >= 11 is 1.63. The van der Waals surface area contributed by atoms with Crippen LogP contribution in [0.15, 0.2) is 22.3 Å². The molecule has 4 heterocycles. The summed E-state index contributed by atoms with van der Waals surface area (Å²) in [6.07, 6.45) is 2.29. The molecule has 0 radical (unpaired) electrons. The van der Waals surface area contributed by atoms with Crippen LogP contribution in [0.2, 0.25) is 0 Å². The Labute approximate surface area is 162 Å². The van der Waals surface area contributed by atoms with E-state index < -0.39 is 0 Å². The lowest BCUT2D eigenvalue weighted by atomic mass is 9.91. The molecule has 144 valence electrons. The van der Waals surface area contributed by atoms with Gasteiger partial charge in [0.15, 0.2) is 0 Å². The van der Waals surface area contributed by atoms with Gasteiger partial charge < -0.3 is 4.90 Å². The van der Waals surface area contributed by atoms with Gasteiger partial charge in [-0.05, 0) is 49.1 Å². The maximum atomic E-state index is 12.8. The minimum atomic E-state index is -0.0864. The fraction of sp³-hybridized carbons (Fsp3) is 0.550. The number of carbonyl (C=O) groups excluding carboxylic acids is 1. The zero-order valence-electron chi connectivity index (χ0n) is 16.1. The van der Waals surface area contributed by atoms with Gasteiger partial charge in [0, 0.05) is 26.1 Å². The van der Waals surface area contributed by atoms with Crippen molar-refractivity contribution in [3.63, 3.8) is 0 Å². The summed E-state index contributed by atoms with van der Waals surface area (Å²) in [6, 6.07) is 3.96. The number of hydrogen-bond acceptors (Lipinski definition) is 4. The summed E-state index contributed by atoms with van der Waals surface area (Å²) in [7, 11) is 0. The third-order valence-electron chi connectivity index (χ3n) is 5.45. The molecule has 0 spiro atoms. The number of carbonyl (C=O) groups is 1. The molecule has 6 nitrogen and oxygen atoms in total. The standard InChI is InChI=1S/C20H26N4O2S/c1-13-9-14(2)12-22(11-13)19(25)5-4-7-23-20(26)17-10-18-16(6-8-27-18)24(17)15(3)21-23/h6,8,10,13-14H,4-5,7,9,11-12H2,1-3H3/t13-,14-/m1/s1. The van der Waals surface area contributed by atoms with Crippen LogP contribution < -0.4 is 5.56 Å². The molecule has 3 aromatic rings. The molecule has 0 aromatic carbocycles. The van der Waals surface area contributed by atoms with E-state index in [1.54, 1.807) is 11.3 Å². The number of thiophene rings is 1. The van der Waals surface area contributed by atoms with Gasteiger partial charge in [0.25, 0.3) is 5.56 Å². The molecule has 1 fully saturated rings. The van der Waals surface area contributed by atoms with Crippen LogP contribution in [-0.4, -0.2) is 38.1 Å². The van der Waals surface area contributed by atoms with Crippen molar-refractivity contribution in [3.8, 4) is 0 Å². The number of aryl methyl sites for hydroxylation is 2. The van der Waals surface area contributed by atoms with E-state index >= 15 is 0 Å². The number of hydrogen-bond donors (Lipinski definition) is 0. The Kier molecular flexibility index (Phi) is 4.80. The first-order chi connectivity index (χ1) is 12.9. The van der Waals surface area contributed by atoms with E-state index in [9.17, 15) is 9.59 Å². The molecule has 1 amide bonds. The monoisotopic (exact) mass is 386 g/mol. The lowest BCUT2D eigenvalue weighted by Gasteiger charge is -2.35. The highest BCUT2D eigenvalue weighted by atomic mass is 32.1. The third-order valence-corrected chi connectivity index (χ3v) is 6.30. The molecular formula is C20H26N4O2S. The lowest BCUT2D eigenvalue weighted by Crippen LogP contribution is -2.42. The molecule has 0 unspecified atom stereocenters. The zero-order chi connectivity index (χ0) is 19.1. The fourth-order valence-electron chi connectivity index (χ4n) is 4.38. The summed E-state index contributed by atoms with van der Waals surface area (Å²) in [5, 5.41) is 6.51. The van der Waals surface area contributed by atoms with Crippen LogP contribution in [0.3, 0.4) is 0 Å². The van der Waals surface area contributed by atoms with Gasteiger partial charge in [-0.2, -0.15) is 5.10 Å². The van der Waals surface area contributed by atoms with Gasteiger partial charge in [0.2, 0.25) is 5.91 Å². The normalized spacial score (nSPS) is 20.6. The van der Waals surface area contributed by atoms with Crippen molar-refractivity contribution in [2.75, 3.05) is 13.1 Å². The van der Waals surface area contributed by atoms with Gasteiger partial charge in [-0.25, -0.2) is 4.68 Å². The Morgan fingerprint density at radius 2 is 2.00 bits per heavy atom. The highest BCUT2D eigenvalue weighted by molar-refractivity contribution is 7.17. The van der Waals surface area contributed by atoms with Crippen molar-refractivity contribution < 1.29 is 4.79 Å². The number of nitrogens with zero attached hydrogens (tertiary/aromatic N) is 4. The minimum absolute atomic E-state index is 0.0864. The number of fused-ring (bicyclic) bond motifs is 3. The van der Waals surface area contributed by atoms with Crippen molar-refractivity contribution >= 4 is 33.0 Å². The molecule has 0 saturated carbocycles. The molecule has 0 aliphatic carbocycles. The number of aromatic nitrogens is 3. The lowest BCUT2D eigenvalue weighted by molar-refractivity contribution is -0.134. The smallest absolute Gasteiger partial charge is 0.291 e. The first-order valence-electron chi connectivity index (χ1n) is 9.68. The molecule has 1 aliphatic heterocycles. The Bertz CT molecular complexity index is 1040. The fourth-order valence-corrected chi connectivity index (χ4v) is 5.19. The highest BCUT2D eigenvalue weighted by Crippen LogP contribution is 2.24. The van der Waals surface area contributed by atoms with Crippen LogP contribution in [0, 0.1) is 18.8 Å². The predicted molar refractivity (Wildman–Crippen MR) is 108 cm³/mol. The molecule has 4 rings (SSSR count). The number of rotatable bonds is 4. The summed E-state index contributed by atoms with van der Waals surface area (Å²) in [5.74, 6) is 2.12. The summed E-state index contributed by atoms with van der Waals surface area (Å²) < 4.78 is 4.54. The van der Waals surface area contributed by atoms with Crippen molar-refractivity contribution in [2.24, 2.45) is 11.8 Å². The van der Waals surface area contributed by atoms with E-state index in [1.807, 2.05) is 33.7 Å². The molecule has 0 bridgehead atoms. The molecule has 1 aliphatic rings. The largest absolute Gasteiger partial charge is 0.342 e. The summed E-state index contributed by atoms with van der Waals surface area (Å²) in [6.45, 7) is 8.52. The van der Waals surface area contributed by atoms with Crippen molar-refractivity contribution in [1.82, 2.24) is 19.1 Å². The Balaban J connectivity index is 1.47. The second-order valence-electron chi connectivity index (χ2n) is 7.96. The van der Waals surface area contributed by atoms with Gasteiger partial charge in [0.1, 0.15) is 11.3 Å². The second kappa shape index (κ2) is 7.11. The van der Waals surface area contributed by atoms with Crippen molar-refractivity contribution in [3.05, 3.63) is 33.7 Å². The van der Waals surface area contributed by atoms with Crippen LogP contribution in [0.25, 0.3) is 15.7 Å². The maximum Gasteiger partial charge on any atom is 0.291 e. The molecule has 1 saturated heterocycles. The van der Waals surface area contributed by atoms with Gasteiger partial charge in [-0.1, -0.05) is 13.8 Å². The van der Waals surface area contributed by atoms with Crippen molar-refractivity contribution in [1.29, 1.82) is 0 Å². The van der Waals surface area contributed by atoms with E-state index in [0.29, 0.717) is 36.7 Å². The quantitative estimate of drug-likeness (QED) is 0.691. The molecule has 3 aromatic heterocycles. The molecular weight excluding hydrogens is 360 g/mol. The van der Waals surface area contributed by atoms with Crippen LogP contribution in [-0.2, 0) is 11.3 Å². The highest BCUT2D eigenvalue weighted by Gasteiger charge is 2.25. The topological polar surface area (TPSA) is 59.6 Å². The predicted octanol–water partition coefficient (Wildman–Crippen LogP) is 3.30. The summed E-state index contributed by atoms with van der Waals surface area (Å²) in [5.41, 5.74) is 1.61. The van der Waals surface area contributed by atoms with E-state index in [2.05, 4.69) is 18.9 Å². The Hall–Kier alpha value is -2.15. The van der Waals surface area contributed by atoms with Crippen molar-refractivity contribution in [2.45, 2.75) is 46.6 Å². The second-order valence-corrected chi connectivity index (χ2v) is 8.91. The third kappa shape index (κ3) is 3.40. The van der Waals surface area contributed by atoms with E-state index in [-0.39, 0.29) is 11.5 Å². The van der Waals surface area contributed by atoms with E-state index in [0.717, 1.165) is 29.1 Å². The number of amides is 1. The molecule has 0 N–H and O–H groups in total. The Morgan fingerprint density at radius 3 is 2.74 bits per heavy atom. The summed E-state index contributed by atoms with van der Waals surface area (Å²) in [4.78, 5) is 27.3. The van der Waals surface area contributed by atoms with Gasteiger partial charge >= 0.3 is 0 Å². The number of piperidine rings is 1. The average molecular weight is 387 g/mol. The van der Waals surface area contributed by atoms with Crippen LogP contribution in [0.4, 0.5) is 0 Å². The van der Waals surface area contributed by atoms with E-state index in [1.165, 1.54) is 11.1 Å². The van der Waals surface area contributed by atoms with Gasteiger partial charge in [-0.15, -0.1) is 11.3 Å². The molecule has 27 heavy (non-hydrogen) atoms.